The van der Waals surface area contributed by atoms with E-state index in [0.29, 0.717) is 34.5 Å². The Bertz CT molecular complexity index is 3930. The maximum absolute atomic E-state index is 8.00. The van der Waals surface area contributed by atoms with E-state index in [1.165, 1.54) is 5.56 Å². The Hall–Kier alpha value is -7.30. The van der Waals surface area contributed by atoms with Crippen molar-refractivity contribution in [1.29, 1.82) is 0 Å². The quantitative estimate of drug-likeness (QED) is 0.0627. The van der Waals surface area contributed by atoms with Gasteiger partial charge in [0.2, 0.25) is 0 Å². The first-order valence-corrected chi connectivity index (χ1v) is 33.1. The van der Waals surface area contributed by atoms with Gasteiger partial charge in [-0.05, 0) is 131 Å². The Morgan fingerprint density at radius 3 is 0.908 bits per heavy atom. The van der Waals surface area contributed by atoms with Crippen molar-refractivity contribution in [3.63, 3.8) is 0 Å². The average molecular weight is 1200 g/mol. The lowest BCUT2D eigenvalue weighted by molar-refractivity contribution is 0.0590. The van der Waals surface area contributed by atoms with Gasteiger partial charge in [0.1, 0.15) is 45.8 Å². The number of hydrogen-bond donors (Lipinski definition) is 0. The van der Waals surface area contributed by atoms with Crippen LogP contribution in [-0.4, -0.2) is 5.60 Å². The van der Waals surface area contributed by atoms with Crippen LogP contribution in [0.2, 0.25) is 0 Å². The van der Waals surface area contributed by atoms with Gasteiger partial charge >= 0.3 is 17.2 Å². The van der Waals surface area contributed by atoms with E-state index in [9.17, 15) is 0 Å². The number of benzene rings is 10. The van der Waals surface area contributed by atoms with Gasteiger partial charge in [-0.3, -0.25) is 0 Å². The minimum Gasteiger partial charge on any atom is -0.487 e. The summed E-state index contributed by atoms with van der Waals surface area (Å²) in [7, 11) is -4.65. The summed E-state index contributed by atoms with van der Waals surface area (Å²) in [6.07, 6.45) is 0. The van der Waals surface area contributed by atoms with Crippen molar-refractivity contribution in [2.45, 2.75) is 146 Å². The van der Waals surface area contributed by atoms with E-state index in [1.54, 1.807) is 0 Å². The Kier molecular flexibility index (Phi) is 18.1. The summed E-state index contributed by atoms with van der Waals surface area (Å²) in [6.45, 7) is 41.1. The van der Waals surface area contributed by atoms with Crippen molar-refractivity contribution in [3.05, 3.63) is 210 Å². The number of rotatable bonds is 22. The summed E-state index contributed by atoms with van der Waals surface area (Å²) in [5, 5.41) is 7.94. The molecule has 9 heteroatoms. The van der Waals surface area contributed by atoms with Gasteiger partial charge in [0, 0.05) is 49.4 Å². The van der Waals surface area contributed by atoms with Gasteiger partial charge in [-0.25, -0.2) is 0 Å². The van der Waals surface area contributed by atoms with Crippen molar-refractivity contribution in [1.82, 2.24) is 0 Å². The van der Waals surface area contributed by atoms with E-state index in [4.69, 9.17) is 31.9 Å². The molecular formula is C78H88O7P2. The first kappa shape index (κ1) is 62.7. The third kappa shape index (κ3) is 12.6. The topological polar surface area (TPSA) is 64.6 Å². The zero-order chi connectivity index (χ0) is 62.3. The van der Waals surface area contributed by atoms with Gasteiger partial charge in [-0.2, -0.15) is 0 Å². The van der Waals surface area contributed by atoms with Gasteiger partial charge in [0.05, 0.1) is 0 Å². The average Bonchev–Trinajstić information content (AvgIpc) is 0.749. The second kappa shape index (κ2) is 25.1. The van der Waals surface area contributed by atoms with Crippen LogP contribution in [0, 0.1) is 37.5 Å². The maximum Gasteiger partial charge on any atom is 0.530 e. The molecule has 0 atom stereocenters. The van der Waals surface area contributed by atoms with E-state index < -0.39 is 33.6 Å². The molecule has 0 spiro atoms. The Morgan fingerprint density at radius 1 is 0.299 bits per heavy atom. The summed E-state index contributed by atoms with van der Waals surface area (Å²) in [6, 6.07) is 62.4. The fraction of sp³-hybridized carbons (Fsp3) is 0.333. The molecule has 7 nitrogen and oxygen atoms in total. The molecule has 0 radical (unpaired) electrons. The molecular weight excluding hydrogens is 1110 g/mol. The van der Waals surface area contributed by atoms with Crippen LogP contribution < -0.4 is 31.9 Å². The zero-order valence-corrected chi connectivity index (χ0v) is 56.2. The third-order valence-electron chi connectivity index (χ3n) is 19.5. The predicted octanol–water partition coefficient (Wildman–Crippen LogP) is 23.7. The Morgan fingerprint density at radius 2 is 0.586 bits per heavy atom. The monoisotopic (exact) mass is 1200 g/mol. The van der Waals surface area contributed by atoms with E-state index >= 15 is 0 Å². The van der Waals surface area contributed by atoms with E-state index in [0.717, 1.165) is 82.2 Å². The molecule has 0 aromatic heterocycles. The molecule has 0 heterocycles. The van der Waals surface area contributed by atoms with Crippen molar-refractivity contribution in [3.8, 4) is 51.4 Å². The first-order valence-electron chi connectivity index (χ1n) is 30.9. The van der Waals surface area contributed by atoms with Gasteiger partial charge in [0.25, 0.3) is 0 Å². The molecule has 10 rings (SSSR count). The lowest BCUT2D eigenvalue weighted by Gasteiger charge is -2.40. The van der Waals surface area contributed by atoms with E-state index in [-0.39, 0.29) is 29.1 Å². The summed E-state index contributed by atoms with van der Waals surface area (Å²) in [5.74, 6) is 5.22. The van der Waals surface area contributed by atoms with Crippen LogP contribution in [-0.2, 0) is 16.2 Å². The van der Waals surface area contributed by atoms with Gasteiger partial charge < -0.3 is 31.9 Å². The lowest BCUT2D eigenvalue weighted by Crippen LogP contribution is -2.35. The highest BCUT2D eigenvalue weighted by molar-refractivity contribution is 7.43. The van der Waals surface area contributed by atoms with Gasteiger partial charge in [0.15, 0.2) is 0 Å². The molecule has 0 bridgehead atoms. The number of hydrogen-bond acceptors (Lipinski definition) is 7. The molecule has 0 aliphatic heterocycles. The first-order chi connectivity index (χ1) is 41.3. The summed E-state index contributed by atoms with van der Waals surface area (Å²) < 4.78 is 52.9. The minimum atomic E-state index is -2.33. The highest BCUT2D eigenvalue weighted by Crippen LogP contribution is 2.60. The number of ether oxygens (including phenoxy) is 1. The smallest absolute Gasteiger partial charge is 0.487 e. The Labute approximate surface area is 520 Å². The summed E-state index contributed by atoms with van der Waals surface area (Å²) in [4.78, 5) is 0. The molecule has 0 aliphatic rings. The fourth-order valence-electron chi connectivity index (χ4n) is 11.0. The zero-order valence-electron chi connectivity index (χ0n) is 54.4. The van der Waals surface area contributed by atoms with Crippen LogP contribution in [0.5, 0.6) is 40.2 Å². The molecule has 0 fully saturated rings. The van der Waals surface area contributed by atoms with Gasteiger partial charge in [-0.1, -0.05) is 249 Å². The summed E-state index contributed by atoms with van der Waals surface area (Å²) in [5.41, 5.74) is 4.77. The van der Waals surface area contributed by atoms with Crippen molar-refractivity contribution in [2.75, 3.05) is 0 Å². The van der Waals surface area contributed by atoms with Crippen LogP contribution in [0.1, 0.15) is 139 Å². The second-order valence-electron chi connectivity index (χ2n) is 26.9. The van der Waals surface area contributed by atoms with Crippen molar-refractivity contribution in [2.24, 2.45) is 23.7 Å². The minimum absolute atomic E-state index is 0.111. The second-order valence-corrected chi connectivity index (χ2v) is 28.9. The van der Waals surface area contributed by atoms with Crippen LogP contribution in [0.3, 0.4) is 0 Å². The van der Waals surface area contributed by atoms with E-state index in [2.05, 4.69) is 234 Å². The Balaban J connectivity index is 1.35. The van der Waals surface area contributed by atoms with Crippen molar-refractivity contribution >= 4 is 60.3 Å². The van der Waals surface area contributed by atoms with E-state index in [1.807, 2.05) is 72.8 Å². The molecule has 0 unspecified atom stereocenters. The third-order valence-corrected chi connectivity index (χ3v) is 21.5. The van der Waals surface area contributed by atoms with Crippen LogP contribution >= 0.6 is 17.2 Å². The molecule has 10 aromatic carbocycles. The standard InChI is InChI=1S/C78H88O7P2/c1-49(2)75(11,12)63-47-64(76(13,14)50(3)4)73(84-86(80-66-43-27-35-55-31-19-23-39-59(55)66)81-67-44-28-36-56-32-20-24-40-60(56)67)71(53(63)9)72-54(10)70(79-78(17,18)52(7)8)48-65(77(15,16)51(5)6)74(72)85-87(82-68-45-29-37-57-33-21-25-41-61(57)68)83-69-46-30-38-58-34-22-26-42-62(58)69/h19-52H,1-18H3. The molecule has 0 saturated heterocycles. The molecule has 0 aliphatic carbocycles. The highest BCUT2D eigenvalue weighted by Gasteiger charge is 2.43. The molecule has 10 aromatic rings. The molecule has 0 saturated carbocycles. The van der Waals surface area contributed by atoms with Gasteiger partial charge in [-0.15, -0.1) is 0 Å². The summed E-state index contributed by atoms with van der Waals surface area (Å²) >= 11 is 0. The predicted molar refractivity (Wildman–Crippen MR) is 368 cm³/mol. The van der Waals surface area contributed by atoms with Crippen LogP contribution in [0.25, 0.3) is 54.2 Å². The molecule has 0 N–H and O–H groups in total. The molecule has 452 valence electrons. The maximum atomic E-state index is 8.00. The fourth-order valence-corrected chi connectivity index (χ4v) is 13.2. The largest absolute Gasteiger partial charge is 0.530 e. The lowest BCUT2D eigenvalue weighted by atomic mass is 9.67. The molecule has 0 amide bonds. The normalized spacial score (nSPS) is 12.6. The SMILES string of the molecule is Cc1c(OC(C)(C)C(C)C)cc(C(C)(C)C(C)C)c(OP(Oc2cccc3ccccc23)Oc2cccc3ccccc23)c1-c1c(C)c(C(C)(C)C(C)C)cc(C(C)(C)C(C)C)c1OP(Oc1cccc2ccccc12)Oc1cccc2ccccc12. The van der Waals surface area contributed by atoms with Crippen molar-refractivity contribution < 1.29 is 31.9 Å². The van der Waals surface area contributed by atoms with Crippen LogP contribution in [0.15, 0.2) is 182 Å². The molecule has 87 heavy (non-hydrogen) atoms. The number of fused-ring (bicyclic) bond motifs is 4. The van der Waals surface area contributed by atoms with Crippen LogP contribution in [0.4, 0.5) is 0 Å². The highest BCUT2D eigenvalue weighted by atomic mass is 31.2.